The Morgan fingerprint density at radius 1 is 0.712 bits per heavy atom. The summed E-state index contributed by atoms with van der Waals surface area (Å²) in [7, 11) is -4.22. The van der Waals surface area contributed by atoms with Gasteiger partial charge >= 0.3 is 0 Å². The normalized spacial score (nSPS) is 13.9. The van der Waals surface area contributed by atoms with Crippen LogP contribution < -0.4 is 14.4 Å². The number of nitrogens with one attached hydrogen (secondary N) is 1. The van der Waals surface area contributed by atoms with Gasteiger partial charge in [0.1, 0.15) is 24.1 Å². The summed E-state index contributed by atoms with van der Waals surface area (Å²) in [5.41, 5.74) is 3.09. The van der Waals surface area contributed by atoms with E-state index in [1.165, 1.54) is 12.1 Å². The number of hydrogen-bond donors (Lipinski definition) is 1. The first-order chi connectivity index (χ1) is 25.3. The lowest BCUT2D eigenvalue weighted by molar-refractivity contribution is -0.140. The fourth-order valence-electron chi connectivity index (χ4n) is 6.54. The summed E-state index contributed by atoms with van der Waals surface area (Å²) in [4.78, 5) is 30.7. The van der Waals surface area contributed by atoms with Crippen LogP contribution in [0.1, 0.15) is 48.8 Å². The zero-order chi connectivity index (χ0) is 36.3. The first kappa shape index (κ1) is 36.4. The van der Waals surface area contributed by atoms with Crippen molar-refractivity contribution >= 4 is 27.5 Å². The van der Waals surface area contributed by atoms with E-state index in [9.17, 15) is 18.0 Å². The van der Waals surface area contributed by atoms with E-state index < -0.39 is 28.5 Å². The number of anilines is 1. The maximum atomic E-state index is 14.8. The molecule has 5 aromatic carbocycles. The van der Waals surface area contributed by atoms with Crippen LogP contribution in [0.2, 0.25) is 0 Å². The number of rotatable bonds is 14. The van der Waals surface area contributed by atoms with Crippen molar-refractivity contribution in [3.05, 3.63) is 156 Å². The van der Waals surface area contributed by atoms with Gasteiger partial charge < -0.3 is 15.0 Å². The first-order valence-electron chi connectivity index (χ1n) is 17.9. The van der Waals surface area contributed by atoms with Gasteiger partial charge in [-0.2, -0.15) is 0 Å². The quantitative estimate of drug-likeness (QED) is 0.126. The van der Waals surface area contributed by atoms with Crippen LogP contribution in [0.25, 0.3) is 0 Å². The van der Waals surface area contributed by atoms with Crippen LogP contribution in [0.4, 0.5) is 5.69 Å². The van der Waals surface area contributed by atoms with Gasteiger partial charge in [0.25, 0.3) is 10.0 Å². The molecule has 2 amide bonds. The van der Waals surface area contributed by atoms with Crippen LogP contribution in [-0.2, 0) is 32.6 Å². The molecule has 1 aliphatic carbocycles. The lowest BCUT2D eigenvalue weighted by Crippen LogP contribution is -2.55. The predicted octanol–water partition coefficient (Wildman–Crippen LogP) is 8.07. The van der Waals surface area contributed by atoms with Crippen molar-refractivity contribution in [2.24, 2.45) is 0 Å². The third kappa shape index (κ3) is 9.47. The summed E-state index contributed by atoms with van der Waals surface area (Å²) in [6, 6.07) is 40.6. The van der Waals surface area contributed by atoms with E-state index in [4.69, 9.17) is 4.74 Å². The van der Waals surface area contributed by atoms with E-state index >= 15 is 0 Å². The SMILES string of the molecule is Cc1ccc(CN(C(=O)CN(c2ccc(Oc3ccccc3)cc2)S(=O)(=O)c2ccccc2)C(Cc2ccccc2)C(=O)NC2CCCCC2)cc1. The number of sulfonamides is 1. The van der Waals surface area contributed by atoms with Gasteiger partial charge in [0, 0.05) is 19.0 Å². The van der Waals surface area contributed by atoms with Crippen LogP contribution in [0.3, 0.4) is 0 Å². The van der Waals surface area contributed by atoms with Gasteiger partial charge in [-0.25, -0.2) is 8.42 Å². The molecule has 1 fully saturated rings. The molecule has 5 aromatic rings. The smallest absolute Gasteiger partial charge is 0.264 e. The van der Waals surface area contributed by atoms with Crippen molar-refractivity contribution in [3.8, 4) is 11.5 Å². The second kappa shape index (κ2) is 17.2. The number of ether oxygens (including phenoxy) is 1. The average Bonchev–Trinajstić information content (AvgIpc) is 3.18. The number of aryl methyl sites for hydroxylation is 1. The Labute approximate surface area is 307 Å². The monoisotopic (exact) mass is 715 g/mol. The summed E-state index contributed by atoms with van der Waals surface area (Å²) in [5, 5.41) is 3.26. The Morgan fingerprint density at radius 2 is 1.29 bits per heavy atom. The summed E-state index contributed by atoms with van der Waals surface area (Å²) in [5.74, 6) is 0.420. The first-order valence-corrected chi connectivity index (χ1v) is 19.3. The molecule has 1 aliphatic rings. The van der Waals surface area contributed by atoms with E-state index in [2.05, 4.69) is 5.32 Å². The van der Waals surface area contributed by atoms with Crippen LogP contribution in [0, 0.1) is 6.92 Å². The highest BCUT2D eigenvalue weighted by Crippen LogP contribution is 2.29. The maximum absolute atomic E-state index is 14.8. The molecule has 1 saturated carbocycles. The molecule has 0 aliphatic heterocycles. The minimum absolute atomic E-state index is 0.0300. The van der Waals surface area contributed by atoms with Gasteiger partial charge in [0.2, 0.25) is 11.8 Å². The molecule has 1 unspecified atom stereocenters. The number of para-hydroxylation sites is 1. The van der Waals surface area contributed by atoms with Gasteiger partial charge in [-0.3, -0.25) is 13.9 Å². The molecule has 9 heteroatoms. The fraction of sp³-hybridized carbons (Fsp3) is 0.256. The maximum Gasteiger partial charge on any atom is 0.264 e. The van der Waals surface area contributed by atoms with Crippen molar-refractivity contribution in [1.82, 2.24) is 10.2 Å². The molecular formula is C43H45N3O5S. The molecule has 8 nitrogen and oxygen atoms in total. The predicted molar refractivity (Wildman–Crippen MR) is 205 cm³/mol. The lowest BCUT2D eigenvalue weighted by Gasteiger charge is -2.35. The van der Waals surface area contributed by atoms with E-state index in [0.29, 0.717) is 17.2 Å². The van der Waals surface area contributed by atoms with Crippen LogP contribution in [-0.4, -0.2) is 43.8 Å². The molecule has 1 N–H and O–H groups in total. The zero-order valence-electron chi connectivity index (χ0n) is 29.4. The number of hydrogen-bond acceptors (Lipinski definition) is 5. The zero-order valence-corrected chi connectivity index (χ0v) is 30.3. The van der Waals surface area contributed by atoms with E-state index in [-0.39, 0.29) is 29.8 Å². The number of benzene rings is 5. The third-order valence-electron chi connectivity index (χ3n) is 9.41. The van der Waals surface area contributed by atoms with Crippen molar-refractivity contribution in [3.63, 3.8) is 0 Å². The molecule has 1 atom stereocenters. The lowest BCUT2D eigenvalue weighted by atomic mass is 9.94. The number of carbonyl (C=O) groups excluding carboxylic acids is 2. The Bertz CT molecular complexity index is 2000. The highest BCUT2D eigenvalue weighted by atomic mass is 32.2. The van der Waals surface area contributed by atoms with Crippen molar-refractivity contribution in [1.29, 1.82) is 0 Å². The molecule has 0 radical (unpaired) electrons. The number of nitrogens with zero attached hydrogens (tertiary/aromatic N) is 2. The second-order valence-corrected chi connectivity index (χ2v) is 15.2. The van der Waals surface area contributed by atoms with Crippen molar-refractivity contribution < 1.29 is 22.7 Å². The van der Waals surface area contributed by atoms with Gasteiger partial charge in [0.15, 0.2) is 0 Å². The van der Waals surface area contributed by atoms with E-state index in [0.717, 1.165) is 53.1 Å². The molecule has 6 rings (SSSR count). The highest BCUT2D eigenvalue weighted by Gasteiger charge is 2.35. The summed E-state index contributed by atoms with van der Waals surface area (Å²) < 4.78 is 35.8. The van der Waals surface area contributed by atoms with Gasteiger partial charge in [-0.1, -0.05) is 116 Å². The standard InChI is InChI=1S/C43H45N3O5S/c1-33-22-24-35(25-23-33)31-45(41(30-34-14-6-2-7-15-34)43(48)44-36-16-8-3-9-17-36)42(47)32-46(52(49,50)40-20-12-5-13-21-40)37-26-28-39(29-27-37)51-38-18-10-4-11-19-38/h2,4-7,10-15,18-29,36,41H,3,8-9,16-17,30-32H2,1H3,(H,44,48). The minimum Gasteiger partial charge on any atom is -0.457 e. The highest BCUT2D eigenvalue weighted by molar-refractivity contribution is 7.92. The Morgan fingerprint density at radius 3 is 1.92 bits per heavy atom. The summed E-state index contributed by atoms with van der Waals surface area (Å²) >= 11 is 0. The van der Waals surface area contributed by atoms with Crippen LogP contribution >= 0.6 is 0 Å². The molecule has 0 aromatic heterocycles. The average molecular weight is 716 g/mol. The Balaban J connectivity index is 1.37. The molecule has 268 valence electrons. The Kier molecular flexibility index (Phi) is 12.0. The molecule has 0 bridgehead atoms. The molecule has 0 saturated heterocycles. The second-order valence-electron chi connectivity index (χ2n) is 13.3. The van der Waals surface area contributed by atoms with Gasteiger partial charge in [-0.15, -0.1) is 0 Å². The fourth-order valence-corrected chi connectivity index (χ4v) is 7.98. The number of carbonyl (C=O) groups is 2. The minimum atomic E-state index is -4.22. The van der Waals surface area contributed by atoms with E-state index in [1.54, 1.807) is 47.4 Å². The van der Waals surface area contributed by atoms with Gasteiger partial charge in [-0.05, 0) is 79.4 Å². The Hall–Kier alpha value is -5.41. The molecule has 0 heterocycles. The molecule has 52 heavy (non-hydrogen) atoms. The van der Waals surface area contributed by atoms with Crippen molar-refractivity contribution in [2.75, 3.05) is 10.8 Å². The van der Waals surface area contributed by atoms with E-state index in [1.807, 2.05) is 91.9 Å². The largest absolute Gasteiger partial charge is 0.457 e. The van der Waals surface area contributed by atoms with Crippen LogP contribution in [0.15, 0.2) is 144 Å². The van der Waals surface area contributed by atoms with Gasteiger partial charge in [0.05, 0.1) is 10.6 Å². The molecular weight excluding hydrogens is 671 g/mol. The third-order valence-corrected chi connectivity index (χ3v) is 11.2. The van der Waals surface area contributed by atoms with Crippen molar-refractivity contribution in [2.45, 2.75) is 69.0 Å². The number of amides is 2. The molecule has 0 spiro atoms. The van der Waals surface area contributed by atoms with Crippen LogP contribution in [0.5, 0.6) is 11.5 Å². The summed E-state index contributed by atoms with van der Waals surface area (Å²) in [6.45, 7) is 1.59. The topological polar surface area (TPSA) is 96.0 Å². The summed E-state index contributed by atoms with van der Waals surface area (Å²) in [6.07, 6.45) is 5.28.